The van der Waals surface area contributed by atoms with Gasteiger partial charge in [-0.2, -0.15) is 0 Å². The summed E-state index contributed by atoms with van der Waals surface area (Å²) in [5.74, 6) is -1.44. The Morgan fingerprint density at radius 2 is 1.58 bits per heavy atom. The molecule has 0 spiro atoms. The van der Waals surface area contributed by atoms with Gasteiger partial charge >= 0.3 is 5.97 Å². The van der Waals surface area contributed by atoms with Gasteiger partial charge in [-0.3, -0.25) is 4.79 Å². The zero-order chi connectivity index (χ0) is 19.5. The van der Waals surface area contributed by atoms with Crippen LogP contribution in [0.3, 0.4) is 0 Å². The minimum absolute atomic E-state index is 0.0683. The smallest absolute Gasteiger partial charge is 0.338 e. The Morgan fingerprint density at radius 1 is 1.04 bits per heavy atom. The lowest BCUT2D eigenvalue weighted by Gasteiger charge is -2.10. The highest BCUT2D eigenvalue weighted by Gasteiger charge is 2.15. The number of hydrogen-bond acceptors (Lipinski definition) is 5. The molecule has 2 rings (SSSR count). The molecule has 0 atom stereocenters. The van der Waals surface area contributed by atoms with Gasteiger partial charge in [0.2, 0.25) is 0 Å². The number of hydrogen-bond donors (Lipinski definition) is 1. The Morgan fingerprint density at radius 3 is 2.08 bits per heavy atom. The molecule has 0 saturated heterocycles. The van der Waals surface area contributed by atoms with E-state index >= 15 is 0 Å². The number of halogens is 3. The fraction of sp³-hybridized carbons (Fsp3) is 0.125. The topological polar surface area (TPSA) is 89.5 Å². The number of anilines is 1. The molecule has 0 aromatic heterocycles. The summed E-state index contributed by atoms with van der Waals surface area (Å²) in [7, 11) is -3.37. The predicted octanol–water partition coefficient (Wildman–Crippen LogP) is 3.85. The standard InChI is InChI=1S/C16H12Cl3NO5S/c1-26(23,24)11-4-2-9(3-5-11)16(22)25-8-14(21)20-15-12(18)6-10(17)7-13(15)19/h2-7H,8H2,1H3,(H,20,21). The van der Waals surface area contributed by atoms with E-state index in [9.17, 15) is 18.0 Å². The molecule has 0 bridgehead atoms. The first-order valence-electron chi connectivity index (χ1n) is 6.99. The number of sulfone groups is 1. The van der Waals surface area contributed by atoms with Crippen molar-refractivity contribution in [1.82, 2.24) is 0 Å². The molecule has 0 fully saturated rings. The number of esters is 1. The molecular formula is C16H12Cl3NO5S. The molecule has 2 aromatic carbocycles. The van der Waals surface area contributed by atoms with Gasteiger partial charge in [-0.25, -0.2) is 13.2 Å². The summed E-state index contributed by atoms with van der Waals surface area (Å²) < 4.78 is 27.6. The number of ether oxygens (including phenoxy) is 1. The number of carbonyl (C=O) groups excluding carboxylic acids is 2. The maximum Gasteiger partial charge on any atom is 0.338 e. The maximum absolute atomic E-state index is 11.9. The Kier molecular flexibility index (Phi) is 6.52. The molecule has 0 aliphatic heterocycles. The fourth-order valence-electron chi connectivity index (χ4n) is 1.89. The van der Waals surface area contributed by atoms with Crippen LogP contribution in [-0.4, -0.2) is 33.2 Å². The van der Waals surface area contributed by atoms with Gasteiger partial charge in [-0.15, -0.1) is 0 Å². The third-order valence-electron chi connectivity index (χ3n) is 3.12. The third kappa shape index (κ3) is 5.35. The molecule has 138 valence electrons. The Hall–Kier alpha value is -1.80. The molecule has 0 unspecified atom stereocenters. The molecule has 0 heterocycles. The van der Waals surface area contributed by atoms with Crippen LogP contribution in [-0.2, 0) is 19.4 Å². The Labute approximate surface area is 164 Å². The van der Waals surface area contributed by atoms with Crippen molar-refractivity contribution in [2.45, 2.75) is 4.90 Å². The van der Waals surface area contributed by atoms with E-state index in [4.69, 9.17) is 39.5 Å². The highest BCUT2D eigenvalue weighted by molar-refractivity contribution is 7.90. The van der Waals surface area contributed by atoms with Gasteiger partial charge < -0.3 is 10.1 Å². The first-order valence-corrected chi connectivity index (χ1v) is 10.0. The molecule has 0 aliphatic carbocycles. The van der Waals surface area contributed by atoms with Crippen molar-refractivity contribution in [2.75, 3.05) is 18.2 Å². The second-order valence-electron chi connectivity index (χ2n) is 5.17. The van der Waals surface area contributed by atoms with E-state index in [2.05, 4.69) is 5.32 Å². The van der Waals surface area contributed by atoms with E-state index in [-0.39, 0.29) is 26.2 Å². The molecule has 26 heavy (non-hydrogen) atoms. The predicted molar refractivity (Wildman–Crippen MR) is 99.9 cm³/mol. The van der Waals surface area contributed by atoms with Gasteiger partial charge in [0.1, 0.15) is 0 Å². The SMILES string of the molecule is CS(=O)(=O)c1ccc(C(=O)OCC(=O)Nc2c(Cl)cc(Cl)cc2Cl)cc1. The summed E-state index contributed by atoms with van der Waals surface area (Å²) in [5, 5.41) is 3.01. The van der Waals surface area contributed by atoms with Crippen LogP contribution in [0, 0.1) is 0 Å². The highest BCUT2D eigenvalue weighted by atomic mass is 35.5. The van der Waals surface area contributed by atoms with Crippen LogP contribution in [0.2, 0.25) is 15.1 Å². The van der Waals surface area contributed by atoms with Crippen molar-refractivity contribution in [1.29, 1.82) is 0 Å². The van der Waals surface area contributed by atoms with Crippen LogP contribution < -0.4 is 5.32 Å². The number of rotatable bonds is 5. The minimum atomic E-state index is -3.37. The lowest BCUT2D eigenvalue weighted by Crippen LogP contribution is -2.21. The van der Waals surface area contributed by atoms with E-state index in [1.165, 1.54) is 36.4 Å². The molecule has 10 heteroatoms. The van der Waals surface area contributed by atoms with Gasteiger partial charge in [0, 0.05) is 11.3 Å². The van der Waals surface area contributed by atoms with E-state index in [1.54, 1.807) is 0 Å². The average molecular weight is 437 g/mol. The van der Waals surface area contributed by atoms with E-state index in [1.807, 2.05) is 0 Å². The van der Waals surface area contributed by atoms with Crippen LogP contribution in [0.1, 0.15) is 10.4 Å². The lowest BCUT2D eigenvalue weighted by molar-refractivity contribution is -0.119. The van der Waals surface area contributed by atoms with Crippen molar-refractivity contribution < 1.29 is 22.7 Å². The van der Waals surface area contributed by atoms with Crippen LogP contribution in [0.4, 0.5) is 5.69 Å². The summed E-state index contributed by atoms with van der Waals surface area (Å²) >= 11 is 17.7. The summed E-state index contributed by atoms with van der Waals surface area (Å²) in [6.07, 6.45) is 1.05. The second-order valence-corrected chi connectivity index (χ2v) is 8.43. The summed E-state index contributed by atoms with van der Waals surface area (Å²) in [5.41, 5.74) is 0.254. The van der Waals surface area contributed by atoms with Crippen molar-refractivity contribution in [2.24, 2.45) is 0 Å². The van der Waals surface area contributed by atoms with Gasteiger partial charge in [-0.1, -0.05) is 34.8 Å². The van der Waals surface area contributed by atoms with Crippen LogP contribution >= 0.6 is 34.8 Å². The molecule has 1 amide bonds. The Balaban J connectivity index is 1.98. The number of carbonyl (C=O) groups is 2. The van der Waals surface area contributed by atoms with Crippen molar-refractivity contribution in [3.63, 3.8) is 0 Å². The largest absolute Gasteiger partial charge is 0.452 e. The van der Waals surface area contributed by atoms with Crippen LogP contribution in [0.5, 0.6) is 0 Å². The number of nitrogens with one attached hydrogen (secondary N) is 1. The van der Waals surface area contributed by atoms with E-state index in [0.29, 0.717) is 5.02 Å². The van der Waals surface area contributed by atoms with Gasteiger partial charge in [0.15, 0.2) is 16.4 Å². The van der Waals surface area contributed by atoms with E-state index < -0.39 is 28.3 Å². The molecular weight excluding hydrogens is 425 g/mol. The number of benzene rings is 2. The first-order chi connectivity index (χ1) is 12.1. The van der Waals surface area contributed by atoms with Crippen LogP contribution in [0.15, 0.2) is 41.3 Å². The summed E-state index contributed by atoms with van der Waals surface area (Å²) in [6.45, 7) is -0.581. The molecule has 6 nitrogen and oxygen atoms in total. The first kappa shape index (κ1) is 20.5. The Bertz CT molecular complexity index is 935. The van der Waals surface area contributed by atoms with E-state index in [0.717, 1.165) is 6.26 Å². The highest BCUT2D eigenvalue weighted by Crippen LogP contribution is 2.33. The second kappa shape index (κ2) is 8.26. The van der Waals surface area contributed by atoms with Gasteiger partial charge in [-0.05, 0) is 36.4 Å². The van der Waals surface area contributed by atoms with Crippen LogP contribution in [0.25, 0.3) is 0 Å². The third-order valence-corrected chi connectivity index (χ3v) is 5.07. The van der Waals surface area contributed by atoms with Crippen molar-refractivity contribution >= 4 is 62.2 Å². The molecule has 0 radical (unpaired) electrons. The molecule has 0 aliphatic rings. The maximum atomic E-state index is 11.9. The van der Waals surface area contributed by atoms with Crippen molar-refractivity contribution in [3.8, 4) is 0 Å². The zero-order valence-electron chi connectivity index (χ0n) is 13.3. The van der Waals surface area contributed by atoms with Gasteiger partial charge in [0.25, 0.3) is 5.91 Å². The normalized spacial score (nSPS) is 11.1. The number of amides is 1. The summed E-state index contributed by atoms with van der Waals surface area (Å²) in [4.78, 5) is 23.9. The average Bonchev–Trinajstić information content (AvgIpc) is 2.55. The molecule has 1 N–H and O–H groups in total. The lowest BCUT2D eigenvalue weighted by atomic mass is 10.2. The summed E-state index contributed by atoms with van der Waals surface area (Å²) in [6, 6.07) is 7.95. The monoisotopic (exact) mass is 435 g/mol. The molecule has 0 saturated carbocycles. The quantitative estimate of drug-likeness (QED) is 0.719. The van der Waals surface area contributed by atoms with Gasteiger partial charge in [0.05, 0.1) is 26.2 Å². The molecule has 2 aromatic rings. The fourth-order valence-corrected chi connectivity index (χ4v) is 3.43. The minimum Gasteiger partial charge on any atom is -0.452 e. The van der Waals surface area contributed by atoms with Crippen molar-refractivity contribution in [3.05, 3.63) is 57.0 Å². The zero-order valence-corrected chi connectivity index (χ0v) is 16.3.